The van der Waals surface area contributed by atoms with E-state index in [1.807, 2.05) is 0 Å². The fourth-order valence-electron chi connectivity index (χ4n) is 2.28. The van der Waals surface area contributed by atoms with Crippen LogP contribution in [0.5, 0.6) is 11.6 Å². The molecule has 3 rings (SSSR count). The highest BCUT2D eigenvalue weighted by atomic mass is 35.5. The highest BCUT2D eigenvalue weighted by Crippen LogP contribution is 2.26. The number of aromatic nitrogens is 1. The van der Waals surface area contributed by atoms with Crippen molar-refractivity contribution in [2.45, 2.75) is 0 Å². The Morgan fingerprint density at radius 3 is 2.50 bits per heavy atom. The third-order valence-corrected chi connectivity index (χ3v) is 3.88. The van der Waals surface area contributed by atoms with Gasteiger partial charge in [-0.1, -0.05) is 35.9 Å². The molecule has 2 amide bonds. The average molecular weight is 395 g/mol. The van der Waals surface area contributed by atoms with Crippen molar-refractivity contribution in [1.82, 2.24) is 10.4 Å². The minimum Gasteiger partial charge on any atom is -0.437 e. The first-order valence-corrected chi connectivity index (χ1v) is 8.53. The standard InChI is InChI=1S/C20H15ClN4O3/c21-14-9-7-13(8-10-14)12-24-25-19(27)16-5-3-11-23-20(16)28-17-6-2-1-4-15(17)18(22)26/h1-12H,(H2,22,26)(H,25,27)/b24-12+. The summed E-state index contributed by atoms with van der Waals surface area (Å²) >= 11 is 5.83. The lowest BCUT2D eigenvalue weighted by atomic mass is 10.2. The number of carbonyl (C=O) groups excluding carboxylic acids is 2. The van der Waals surface area contributed by atoms with Crippen LogP contribution in [0.1, 0.15) is 26.3 Å². The number of rotatable bonds is 6. The number of amides is 2. The van der Waals surface area contributed by atoms with E-state index in [0.29, 0.717) is 5.02 Å². The summed E-state index contributed by atoms with van der Waals surface area (Å²) in [7, 11) is 0. The number of hydrazone groups is 1. The second-order valence-electron chi connectivity index (χ2n) is 5.57. The minimum absolute atomic E-state index is 0.0235. The van der Waals surface area contributed by atoms with Crippen molar-refractivity contribution in [3.8, 4) is 11.6 Å². The highest BCUT2D eigenvalue weighted by Gasteiger charge is 2.16. The van der Waals surface area contributed by atoms with Crippen LogP contribution in [0.3, 0.4) is 0 Å². The number of benzene rings is 2. The van der Waals surface area contributed by atoms with E-state index in [1.165, 1.54) is 24.5 Å². The first-order valence-electron chi connectivity index (χ1n) is 8.15. The zero-order valence-electron chi connectivity index (χ0n) is 14.5. The number of primary amides is 1. The molecular formula is C20H15ClN4O3. The van der Waals surface area contributed by atoms with Gasteiger partial charge in [0.25, 0.3) is 11.8 Å². The number of para-hydroxylation sites is 1. The Morgan fingerprint density at radius 2 is 1.75 bits per heavy atom. The molecule has 0 aliphatic heterocycles. The Balaban J connectivity index is 1.77. The molecule has 0 saturated heterocycles. The molecule has 0 aliphatic rings. The molecule has 140 valence electrons. The Kier molecular flexibility index (Phi) is 5.98. The number of halogens is 1. The summed E-state index contributed by atoms with van der Waals surface area (Å²) in [5, 5.41) is 4.52. The topological polar surface area (TPSA) is 107 Å². The van der Waals surface area contributed by atoms with Crippen LogP contribution < -0.4 is 15.9 Å². The molecule has 1 heterocycles. The predicted molar refractivity (Wildman–Crippen MR) is 106 cm³/mol. The van der Waals surface area contributed by atoms with E-state index in [2.05, 4.69) is 15.5 Å². The number of hydrogen-bond acceptors (Lipinski definition) is 5. The monoisotopic (exact) mass is 394 g/mol. The summed E-state index contributed by atoms with van der Waals surface area (Å²) in [4.78, 5) is 28.1. The van der Waals surface area contributed by atoms with Gasteiger partial charge < -0.3 is 10.5 Å². The molecule has 7 nitrogen and oxygen atoms in total. The molecular weight excluding hydrogens is 380 g/mol. The first kappa shape index (κ1) is 19.1. The second-order valence-corrected chi connectivity index (χ2v) is 6.01. The van der Waals surface area contributed by atoms with Gasteiger partial charge in [0.15, 0.2) is 0 Å². The van der Waals surface area contributed by atoms with Crippen LogP contribution in [0.15, 0.2) is 72.0 Å². The van der Waals surface area contributed by atoms with E-state index < -0.39 is 11.8 Å². The fraction of sp³-hybridized carbons (Fsp3) is 0. The maximum Gasteiger partial charge on any atom is 0.276 e. The van der Waals surface area contributed by atoms with E-state index in [4.69, 9.17) is 22.1 Å². The van der Waals surface area contributed by atoms with Crippen LogP contribution in [0.2, 0.25) is 5.02 Å². The van der Waals surface area contributed by atoms with Gasteiger partial charge in [-0.25, -0.2) is 10.4 Å². The molecule has 0 fully saturated rings. The Morgan fingerprint density at radius 1 is 1.04 bits per heavy atom. The Hall–Kier alpha value is -3.71. The Labute approximate surface area is 165 Å². The summed E-state index contributed by atoms with van der Waals surface area (Å²) in [6.07, 6.45) is 2.95. The average Bonchev–Trinajstić information content (AvgIpc) is 2.70. The summed E-state index contributed by atoms with van der Waals surface area (Å²) in [5.41, 5.74) is 8.86. The lowest BCUT2D eigenvalue weighted by Gasteiger charge is -2.11. The van der Waals surface area contributed by atoms with Gasteiger partial charge >= 0.3 is 0 Å². The van der Waals surface area contributed by atoms with Gasteiger partial charge in [0.1, 0.15) is 11.3 Å². The van der Waals surface area contributed by atoms with Gasteiger partial charge in [-0.05, 0) is 42.0 Å². The molecule has 0 bridgehead atoms. The van der Waals surface area contributed by atoms with E-state index in [9.17, 15) is 9.59 Å². The number of pyridine rings is 1. The third kappa shape index (κ3) is 4.72. The minimum atomic E-state index is -0.648. The molecule has 0 aliphatic carbocycles. The van der Waals surface area contributed by atoms with Crippen LogP contribution in [0.4, 0.5) is 0 Å². The predicted octanol–water partition coefficient (Wildman–Crippen LogP) is 3.39. The van der Waals surface area contributed by atoms with E-state index in [1.54, 1.807) is 48.5 Å². The van der Waals surface area contributed by atoms with Gasteiger partial charge in [-0.3, -0.25) is 9.59 Å². The van der Waals surface area contributed by atoms with Crippen LogP contribution in [0, 0.1) is 0 Å². The molecule has 0 spiro atoms. The highest BCUT2D eigenvalue weighted by molar-refractivity contribution is 6.30. The Bertz CT molecular complexity index is 1040. The van der Waals surface area contributed by atoms with Crippen LogP contribution in [0.25, 0.3) is 0 Å². The largest absolute Gasteiger partial charge is 0.437 e. The third-order valence-electron chi connectivity index (χ3n) is 3.62. The van der Waals surface area contributed by atoms with Crippen LogP contribution in [-0.4, -0.2) is 23.0 Å². The molecule has 8 heteroatoms. The van der Waals surface area contributed by atoms with Crippen molar-refractivity contribution in [2.24, 2.45) is 10.8 Å². The summed E-state index contributed by atoms with van der Waals surface area (Å²) in [6, 6.07) is 16.5. The molecule has 0 saturated carbocycles. The van der Waals surface area contributed by atoms with Gasteiger partial charge in [-0.2, -0.15) is 5.10 Å². The quantitative estimate of drug-likeness (QED) is 0.493. The van der Waals surface area contributed by atoms with E-state index in [-0.39, 0.29) is 22.8 Å². The van der Waals surface area contributed by atoms with Crippen molar-refractivity contribution in [3.63, 3.8) is 0 Å². The van der Waals surface area contributed by atoms with E-state index >= 15 is 0 Å². The van der Waals surface area contributed by atoms with Gasteiger partial charge in [0.2, 0.25) is 5.88 Å². The maximum atomic E-state index is 12.5. The lowest BCUT2D eigenvalue weighted by Crippen LogP contribution is -2.19. The smallest absolute Gasteiger partial charge is 0.276 e. The van der Waals surface area contributed by atoms with Crippen molar-refractivity contribution in [3.05, 3.63) is 88.6 Å². The lowest BCUT2D eigenvalue weighted by molar-refractivity contribution is 0.0951. The normalized spacial score (nSPS) is 10.6. The molecule has 28 heavy (non-hydrogen) atoms. The molecule has 0 unspecified atom stereocenters. The van der Waals surface area contributed by atoms with E-state index in [0.717, 1.165) is 5.56 Å². The van der Waals surface area contributed by atoms with Crippen molar-refractivity contribution >= 4 is 29.6 Å². The molecule has 2 aromatic carbocycles. The first-order chi connectivity index (χ1) is 13.5. The number of ether oxygens (including phenoxy) is 1. The summed E-state index contributed by atoms with van der Waals surface area (Å²) in [6.45, 7) is 0. The van der Waals surface area contributed by atoms with Gasteiger partial charge in [-0.15, -0.1) is 0 Å². The number of hydrogen-bond donors (Lipinski definition) is 2. The number of nitrogens with one attached hydrogen (secondary N) is 1. The SMILES string of the molecule is NC(=O)c1ccccc1Oc1ncccc1C(=O)N/N=C/c1ccc(Cl)cc1. The second kappa shape index (κ2) is 8.79. The summed E-state index contributed by atoms with van der Waals surface area (Å²) in [5.74, 6) is -0.947. The van der Waals surface area contributed by atoms with Crippen molar-refractivity contribution in [1.29, 1.82) is 0 Å². The molecule has 3 N–H and O–H groups in total. The molecule has 3 aromatic rings. The molecule has 1 aromatic heterocycles. The molecule has 0 atom stereocenters. The molecule has 0 radical (unpaired) electrons. The maximum absolute atomic E-state index is 12.5. The van der Waals surface area contributed by atoms with Crippen LogP contribution in [-0.2, 0) is 0 Å². The zero-order chi connectivity index (χ0) is 19.9. The fourth-order valence-corrected chi connectivity index (χ4v) is 2.41. The van der Waals surface area contributed by atoms with Gasteiger partial charge in [0.05, 0.1) is 11.8 Å². The zero-order valence-corrected chi connectivity index (χ0v) is 15.3. The summed E-state index contributed by atoms with van der Waals surface area (Å²) < 4.78 is 5.66. The number of nitrogens with zero attached hydrogens (tertiary/aromatic N) is 2. The van der Waals surface area contributed by atoms with Crippen molar-refractivity contribution < 1.29 is 14.3 Å². The van der Waals surface area contributed by atoms with Crippen molar-refractivity contribution in [2.75, 3.05) is 0 Å². The number of nitrogens with two attached hydrogens (primary N) is 1. The van der Waals surface area contributed by atoms with Crippen LogP contribution >= 0.6 is 11.6 Å². The number of carbonyl (C=O) groups is 2. The van der Waals surface area contributed by atoms with Gasteiger partial charge in [0, 0.05) is 11.2 Å².